The molecule has 0 amide bonds. The van der Waals surface area contributed by atoms with Gasteiger partial charge in [0.2, 0.25) is 0 Å². The van der Waals surface area contributed by atoms with E-state index >= 15 is 0 Å². The van der Waals surface area contributed by atoms with E-state index in [1.807, 2.05) is 0 Å². The molecule has 0 aromatic carbocycles. The highest BCUT2D eigenvalue weighted by Crippen LogP contribution is 2.09. The van der Waals surface area contributed by atoms with Crippen molar-refractivity contribution in [3.63, 3.8) is 0 Å². The lowest BCUT2D eigenvalue weighted by atomic mass is 10.2. The zero-order chi connectivity index (χ0) is 8.69. The Labute approximate surface area is 71.9 Å². The fourth-order valence-electron chi connectivity index (χ4n) is 0.679. The Morgan fingerprint density at radius 2 is 2.27 bits per heavy atom. The maximum atomic E-state index is 10.1. The van der Waals surface area contributed by atoms with E-state index in [0.717, 1.165) is 19.3 Å². The first-order valence-corrected chi connectivity index (χ1v) is 4.11. The highest BCUT2D eigenvalue weighted by Gasteiger charge is 1.98. The number of rotatable bonds is 5. The summed E-state index contributed by atoms with van der Waals surface area (Å²) in [7, 11) is 0. The summed E-state index contributed by atoms with van der Waals surface area (Å²) in [5.41, 5.74) is 0. The highest BCUT2D eigenvalue weighted by atomic mass is 35.5. The van der Waals surface area contributed by atoms with Crippen LogP contribution in [0.3, 0.4) is 0 Å². The molecule has 11 heavy (non-hydrogen) atoms. The van der Waals surface area contributed by atoms with Gasteiger partial charge in [0.15, 0.2) is 0 Å². The van der Waals surface area contributed by atoms with E-state index in [1.165, 1.54) is 0 Å². The third kappa shape index (κ3) is 7.40. The fourth-order valence-corrected chi connectivity index (χ4v) is 0.903. The van der Waals surface area contributed by atoms with Crippen LogP contribution in [-0.2, 0) is 4.79 Å². The summed E-state index contributed by atoms with van der Waals surface area (Å²) in [6.07, 6.45) is 4.77. The summed E-state index contributed by atoms with van der Waals surface area (Å²) in [5, 5.41) is 8.75. The molecular formula is C8H13ClO2. The molecule has 0 radical (unpaired) electrons. The van der Waals surface area contributed by atoms with Crippen LogP contribution in [0.2, 0.25) is 0 Å². The largest absolute Gasteiger partial charge is 0.481 e. The normalized spacial score (nSPS) is 11.6. The molecule has 0 saturated heterocycles. The van der Waals surface area contributed by atoms with E-state index in [-0.39, 0.29) is 6.42 Å². The Kier molecular flexibility index (Phi) is 5.94. The molecule has 0 heterocycles. The lowest BCUT2D eigenvalue weighted by molar-refractivity contribution is -0.136. The van der Waals surface area contributed by atoms with Gasteiger partial charge in [-0.05, 0) is 6.42 Å². The zero-order valence-corrected chi connectivity index (χ0v) is 7.40. The molecule has 0 aliphatic carbocycles. The third-order valence-corrected chi connectivity index (χ3v) is 1.53. The Morgan fingerprint density at radius 3 is 2.73 bits per heavy atom. The Morgan fingerprint density at radius 1 is 1.64 bits per heavy atom. The maximum absolute atomic E-state index is 10.1. The number of carboxylic acid groups (broad SMARTS) is 1. The van der Waals surface area contributed by atoms with Gasteiger partial charge in [-0.25, -0.2) is 0 Å². The quantitative estimate of drug-likeness (QED) is 0.654. The van der Waals surface area contributed by atoms with Gasteiger partial charge in [0.05, 0.1) is 6.42 Å². The number of allylic oxidation sites excluding steroid dienone is 1. The highest BCUT2D eigenvalue weighted by molar-refractivity contribution is 6.30. The van der Waals surface area contributed by atoms with Crippen LogP contribution < -0.4 is 0 Å². The van der Waals surface area contributed by atoms with Crippen LogP contribution in [0.25, 0.3) is 0 Å². The van der Waals surface area contributed by atoms with Gasteiger partial charge in [0, 0.05) is 5.03 Å². The van der Waals surface area contributed by atoms with Crippen LogP contribution in [0.5, 0.6) is 0 Å². The van der Waals surface area contributed by atoms with E-state index in [1.54, 1.807) is 6.08 Å². The lowest BCUT2D eigenvalue weighted by Crippen LogP contribution is -1.93. The van der Waals surface area contributed by atoms with Gasteiger partial charge >= 0.3 is 5.97 Å². The van der Waals surface area contributed by atoms with Crippen LogP contribution >= 0.6 is 11.6 Å². The fraction of sp³-hybridized carbons (Fsp3) is 0.625. The summed E-state index contributed by atoms with van der Waals surface area (Å²) >= 11 is 5.59. The second-order valence-corrected chi connectivity index (χ2v) is 2.85. The molecule has 0 aliphatic rings. The zero-order valence-electron chi connectivity index (χ0n) is 6.64. The number of carbonyl (C=O) groups is 1. The van der Waals surface area contributed by atoms with Gasteiger partial charge in [-0.3, -0.25) is 4.79 Å². The van der Waals surface area contributed by atoms with Crippen LogP contribution in [0.4, 0.5) is 0 Å². The summed E-state index contributed by atoms with van der Waals surface area (Å²) < 4.78 is 0. The summed E-state index contributed by atoms with van der Waals surface area (Å²) in [5.74, 6) is -0.872. The van der Waals surface area contributed by atoms with Crippen LogP contribution in [0, 0.1) is 0 Å². The predicted octanol–water partition coefficient (Wildman–Crippen LogP) is 2.77. The number of carboxylic acids is 1. The molecule has 2 nitrogen and oxygen atoms in total. The number of hydrogen-bond donors (Lipinski definition) is 1. The number of hydrogen-bond acceptors (Lipinski definition) is 1. The van der Waals surface area contributed by atoms with Crippen molar-refractivity contribution in [1.29, 1.82) is 0 Å². The Hall–Kier alpha value is -0.500. The first kappa shape index (κ1) is 10.5. The molecule has 1 N–H and O–H groups in total. The topological polar surface area (TPSA) is 37.3 Å². The van der Waals surface area contributed by atoms with Gasteiger partial charge in [-0.15, -0.1) is 0 Å². The molecule has 0 rings (SSSR count). The van der Waals surface area contributed by atoms with Gasteiger partial charge in [0.25, 0.3) is 0 Å². The third-order valence-electron chi connectivity index (χ3n) is 1.24. The van der Waals surface area contributed by atoms with Crippen LogP contribution in [-0.4, -0.2) is 11.1 Å². The van der Waals surface area contributed by atoms with Crippen molar-refractivity contribution in [3.05, 3.63) is 11.1 Å². The van der Waals surface area contributed by atoms with E-state index in [9.17, 15) is 4.79 Å². The first-order chi connectivity index (χ1) is 5.16. The summed E-state index contributed by atoms with van der Waals surface area (Å²) in [4.78, 5) is 10.1. The molecule has 0 aliphatic heterocycles. The number of unbranched alkanes of at least 4 members (excludes halogenated alkanes) is 2. The van der Waals surface area contributed by atoms with Crippen molar-refractivity contribution in [2.75, 3.05) is 0 Å². The van der Waals surface area contributed by atoms with E-state index in [0.29, 0.717) is 5.03 Å². The molecule has 64 valence electrons. The van der Waals surface area contributed by atoms with E-state index < -0.39 is 5.97 Å². The molecular weight excluding hydrogens is 164 g/mol. The molecule has 0 unspecified atom stereocenters. The van der Waals surface area contributed by atoms with Gasteiger partial charge in [0.1, 0.15) is 0 Å². The SMILES string of the molecule is CCCC/C=C(\Cl)CC(=O)O. The minimum absolute atomic E-state index is 0.0503. The van der Waals surface area contributed by atoms with Gasteiger partial charge in [-0.1, -0.05) is 37.4 Å². The molecule has 0 atom stereocenters. The maximum Gasteiger partial charge on any atom is 0.308 e. The summed E-state index contributed by atoms with van der Waals surface area (Å²) in [6.45, 7) is 2.08. The van der Waals surface area contributed by atoms with Crippen molar-refractivity contribution in [1.82, 2.24) is 0 Å². The predicted molar refractivity (Wildman–Crippen MR) is 45.7 cm³/mol. The second-order valence-electron chi connectivity index (χ2n) is 2.36. The number of aliphatic carboxylic acids is 1. The monoisotopic (exact) mass is 176 g/mol. The average Bonchev–Trinajstić information content (AvgIpc) is 1.86. The molecule has 0 bridgehead atoms. The number of halogens is 1. The smallest absolute Gasteiger partial charge is 0.308 e. The van der Waals surface area contributed by atoms with Gasteiger partial charge < -0.3 is 5.11 Å². The second kappa shape index (κ2) is 6.23. The van der Waals surface area contributed by atoms with E-state index in [4.69, 9.17) is 16.7 Å². The minimum Gasteiger partial charge on any atom is -0.481 e. The Balaban J connectivity index is 3.54. The lowest BCUT2D eigenvalue weighted by Gasteiger charge is -1.93. The first-order valence-electron chi connectivity index (χ1n) is 3.73. The van der Waals surface area contributed by atoms with Crippen molar-refractivity contribution in [2.45, 2.75) is 32.6 Å². The van der Waals surface area contributed by atoms with Crippen molar-refractivity contribution >= 4 is 17.6 Å². The molecule has 3 heteroatoms. The standard InChI is InChI=1S/C8H13ClO2/c1-2-3-4-5-7(9)6-8(10)11/h5H,2-4,6H2,1H3,(H,10,11)/b7-5-. The molecule has 0 saturated carbocycles. The van der Waals surface area contributed by atoms with Crippen LogP contribution in [0.15, 0.2) is 11.1 Å². The van der Waals surface area contributed by atoms with Crippen molar-refractivity contribution in [2.24, 2.45) is 0 Å². The van der Waals surface area contributed by atoms with Crippen molar-refractivity contribution < 1.29 is 9.90 Å². The van der Waals surface area contributed by atoms with Gasteiger partial charge in [-0.2, -0.15) is 0 Å². The molecule has 0 spiro atoms. The van der Waals surface area contributed by atoms with Crippen molar-refractivity contribution in [3.8, 4) is 0 Å². The molecule has 0 aromatic rings. The molecule has 0 aromatic heterocycles. The summed E-state index contributed by atoms with van der Waals surface area (Å²) in [6, 6.07) is 0. The molecule has 0 fully saturated rings. The van der Waals surface area contributed by atoms with Crippen LogP contribution in [0.1, 0.15) is 32.6 Å². The van der Waals surface area contributed by atoms with E-state index in [2.05, 4.69) is 6.92 Å². The Bertz CT molecular complexity index is 152. The minimum atomic E-state index is -0.872. The average molecular weight is 177 g/mol.